The Morgan fingerprint density at radius 3 is 3.18 bits per heavy atom. The number of nitrogens with one attached hydrogen (secondary N) is 1. The highest BCUT2D eigenvalue weighted by molar-refractivity contribution is 5.85. The lowest BCUT2D eigenvalue weighted by Gasteiger charge is -2.21. The average molecular weight is 322 g/mol. The number of hydrogen-bond donors (Lipinski definition) is 1. The van der Waals surface area contributed by atoms with Crippen molar-refractivity contribution in [1.29, 1.82) is 0 Å². The summed E-state index contributed by atoms with van der Waals surface area (Å²) in [5.74, 6) is 1.12. The van der Waals surface area contributed by atoms with E-state index in [1.54, 1.807) is 12.4 Å². The highest BCUT2D eigenvalue weighted by Crippen LogP contribution is 2.27. The maximum atomic E-state index is 12.1. The number of amides is 1. The Balaban J connectivity index is 0.00000144. The van der Waals surface area contributed by atoms with Crippen molar-refractivity contribution < 1.29 is 9.32 Å². The molecule has 0 bridgehead atoms. The maximum Gasteiger partial charge on any atom is 0.246 e. The van der Waals surface area contributed by atoms with Gasteiger partial charge in [-0.3, -0.25) is 9.78 Å². The SMILES string of the molecule is Cl.O=C1C[C@H]2NCC[C@H]2N1Cc1nc(-c2cccnc2)no1. The van der Waals surface area contributed by atoms with Crippen LogP contribution < -0.4 is 5.32 Å². The van der Waals surface area contributed by atoms with E-state index >= 15 is 0 Å². The molecule has 4 rings (SSSR count). The topological polar surface area (TPSA) is 84.2 Å². The van der Waals surface area contributed by atoms with Crippen LogP contribution in [-0.2, 0) is 11.3 Å². The first-order valence-electron chi connectivity index (χ1n) is 7.07. The van der Waals surface area contributed by atoms with Gasteiger partial charge in [0.25, 0.3) is 0 Å². The van der Waals surface area contributed by atoms with Gasteiger partial charge >= 0.3 is 0 Å². The van der Waals surface area contributed by atoms with E-state index in [2.05, 4.69) is 20.4 Å². The molecule has 2 aliphatic rings. The van der Waals surface area contributed by atoms with E-state index in [0.29, 0.717) is 24.7 Å². The Morgan fingerprint density at radius 1 is 1.45 bits per heavy atom. The summed E-state index contributed by atoms with van der Waals surface area (Å²) in [6, 6.07) is 4.23. The molecule has 2 aromatic rings. The molecule has 0 radical (unpaired) electrons. The van der Waals surface area contributed by atoms with Gasteiger partial charge < -0.3 is 14.7 Å². The van der Waals surface area contributed by atoms with Gasteiger partial charge in [-0.2, -0.15) is 4.98 Å². The summed E-state index contributed by atoms with van der Waals surface area (Å²) in [7, 11) is 0. The van der Waals surface area contributed by atoms with Crippen molar-refractivity contribution in [2.75, 3.05) is 6.54 Å². The molecule has 1 N–H and O–H groups in total. The number of carbonyl (C=O) groups is 1. The Morgan fingerprint density at radius 2 is 2.36 bits per heavy atom. The first-order valence-corrected chi connectivity index (χ1v) is 7.07. The lowest BCUT2D eigenvalue weighted by molar-refractivity contribution is -0.129. The molecule has 2 aromatic heterocycles. The fourth-order valence-corrected chi connectivity index (χ4v) is 3.11. The van der Waals surface area contributed by atoms with Crippen molar-refractivity contribution in [2.45, 2.75) is 31.5 Å². The van der Waals surface area contributed by atoms with E-state index in [0.717, 1.165) is 18.5 Å². The quantitative estimate of drug-likeness (QED) is 0.908. The van der Waals surface area contributed by atoms with Crippen LogP contribution in [0.2, 0.25) is 0 Å². The number of hydrogen-bond acceptors (Lipinski definition) is 6. The Kier molecular flexibility index (Phi) is 4.08. The molecule has 0 spiro atoms. The summed E-state index contributed by atoms with van der Waals surface area (Å²) in [6.45, 7) is 1.35. The van der Waals surface area contributed by atoms with Gasteiger partial charge in [0, 0.05) is 36.5 Å². The third-order valence-electron chi connectivity index (χ3n) is 4.12. The zero-order valence-corrected chi connectivity index (χ0v) is 12.6. The van der Waals surface area contributed by atoms with Crippen molar-refractivity contribution in [1.82, 2.24) is 25.3 Å². The zero-order valence-electron chi connectivity index (χ0n) is 11.8. The van der Waals surface area contributed by atoms with Crippen molar-refractivity contribution in [3.63, 3.8) is 0 Å². The molecule has 0 unspecified atom stereocenters. The summed E-state index contributed by atoms with van der Waals surface area (Å²) in [5, 5.41) is 7.32. The summed E-state index contributed by atoms with van der Waals surface area (Å²) < 4.78 is 5.27. The van der Waals surface area contributed by atoms with Crippen molar-refractivity contribution in [3.8, 4) is 11.4 Å². The molecular weight excluding hydrogens is 306 g/mol. The Bertz CT molecular complexity index is 662. The van der Waals surface area contributed by atoms with Crippen LogP contribution in [0, 0.1) is 0 Å². The van der Waals surface area contributed by atoms with Crippen molar-refractivity contribution in [2.24, 2.45) is 0 Å². The second-order valence-electron chi connectivity index (χ2n) is 5.40. The van der Waals surface area contributed by atoms with Crippen LogP contribution in [0.1, 0.15) is 18.7 Å². The van der Waals surface area contributed by atoms with Crippen molar-refractivity contribution in [3.05, 3.63) is 30.4 Å². The summed E-state index contributed by atoms with van der Waals surface area (Å²) in [4.78, 5) is 22.3. The molecule has 2 saturated heterocycles. The number of likely N-dealkylation sites (tertiary alicyclic amines) is 1. The maximum absolute atomic E-state index is 12.1. The standard InChI is InChI=1S/C14H15N5O2.ClH/c20-13-6-10-11(3-5-16-10)19(13)8-12-17-14(18-21-12)9-2-1-4-15-7-9;/h1-2,4,7,10-11,16H,3,5-6,8H2;1H/t10-,11-;/m1./s1. The number of carbonyl (C=O) groups excluding carboxylic acids is 1. The Labute approximate surface area is 133 Å². The van der Waals surface area contributed by atoms with E-state index in [1.807, 2.05) is 17.0 Å². The normalized spacial score (nSPS) is 23.5. The van der Waals surface area contributed by atoms with Gasteiger partial charge in [0.2, 0.25) is 17.6 Å². The van der Waals surface area contributed by atoms with E-state index in [4.69, 9.17) is 4.52 Å². The smallest absolute Gasteiger partial charge is 0.246 e. The van der Waals surface area contributed by atoms with Crippen LogP contribution in [-0.4, -0.2) is 44.6 Å². The first kappa shape index (κ1) is 14.9. The third kappa shape index (κ3) is 2.57. The minimum Gasteiger partial charge on any atom is -0.337 e. The molecule has 0 aromatic carbocycles. The molecule has 0 aliphatic carbocycles. The fraction of sp³-hybridized carbons (Fsp3) is 0.429. The summed E-state index contributed by atoms with van der Waals surface area (Å²) in [5.41, 5.74) is 0.806. The van der Waals surface area contributed by atoms with Crippen molar-refractivity contribution >= 4 is 18.3 Å². The van der Waals surface area contributed by atoms with E-state index in [9.17, 15) is 4.79 Å². The lowest BCUT2D eigenvalue weighted by Crippen LogP contribution is -2.35. The van der Waals surface area contributed by atoms with Crippen LogP contribution >= 0.6 is 12.4 Å². The third-order valence-corrected chi connectivity index (χ3v) is 4.12. The molecule has 1 amide bonds. The summed E-state index contributed by atoms with van der Waals surface area (Å²) >= 11 is 0. The fourth-order valence-electron chi connectivity index (χ4n) is 3.11. The van der Waals surface area contributed by atoms with Gasteiger partial charge in [0.1, 0.15) is 6.54 Å². The van der Waals surface area contributed by atoms with E-state index in [-0.39, 0.29) is 30.4 Å². The van der Waals surface area contributed by atoms with Gasteiger partial charge in [0.15, 0.2) is 0 Å². The van der Waals surface area contributed by atoms with Gasteiger partial charge in [-0.15, -0.1) is 12.4 Å². The lowest BCUT2D eigenvalue weighted by atomic mass is 10.1. The van der Waals surface area contributed by atoms with Crippen LogP contribution in [0.15, 0.2) is 29.0 Å². The minimum absolute atomic E-state index is 0. The van der Waals surface area contributed by atoms with Crippen LogP contribution in [0.3, 0.4) is 0 Å². The molecule has 2 aliphatic heterocycles. The largest absolute Gasteiger partial charge is 0.337 e. The number of aromatic nitrogens is 3. The number of rotatable bonds is 3. The molecule has 4 heterocycles. The average Bonchev–Trinajstić information content (AvgIpc) is 3.19. The predicted molar refractivity (Wildman–Crippen MR) is 80.1 cm³/mol. The first-order chi connectivity index (χ1) is 10.3. The molecule has 7 nitrogen and oxygen atoms in total. The highest BCUT2D eigenvalue weighted by atomic mass is 35.5. The van der Waals surface area contributed by atoms with E-state index in [1.165, 1.54) is 0 Å². The molecule has 0 saturated carbocycles. The second kappa shape index (κ2) is 6.02. The molecule has 116 valence electrons. The van der Waals surface area contributed by atoms with Gasteiger partial charge in [-0.05, 0) is 25.1 Å². The highest BCUT2D eigenvalue weighted by Gasteiger charge is 2.42. The predicted octanol–water partition coefficient (Wildman–Crippen LogP) is 1.02. The van der Waals surface area contributed by atoms with Crippen LogP contribution in [0.25, 0.3) is 11.4 Å². The Hall–Kier alpha value is -1.99. The molecule has 22 heavy (non-hydrogen) atoms. The second-order valence-corrected chi connectivity index (χ2v) is 5.40. The molecule has 2 fully saturated rings. The monoisotopic (exact) mass is 321 g/mol. The van der Waals surface area contributed by atoms with Gasteiger partial charge in [-0.25, -0.2) is 0 Å². The van der Waals surface area contributed by atoms with E-state index < -0.39 is 0 Å². The number of halogens is 1. The number of nitrogens with zero attached hydrogens (tertiary/aromatic N) is 4. The molecule has 2 atom stereocenters. The van der Waals surface area contributed by atoms with Gasteiger partial charge in [-0.1, -0.05) is 5.16 Å². The van der Waals surface area contributed by atoms with Crippen LogP contribution in [0.4, 0.5) is 0 Å². The summed E-state index contributed by atoms with van der Waals surface area (Å²) in [6.07, 6.45) is 4.93. The van der Waals surface area contributed by atoms with Gasteiger partial charge in [0.05, 0.1) is 0 Å². The number of fused-ring (bicyclic) bond motifs is 1. The molecular formula is C14H16ClN5O2. The van der Waals surface area contributed by atoms with Crippen LogP contribution in [0.5, 0.6) is 0 Å². The zero-order chi connectivity index (χ0) is 14.2. The minimum atomic E-state index is 0. The number of pyridine rings is 1. The molecule has 8 heteroatoms.